The van der Waals surface area contributed by atoms with Gasteiger partial charge < -0.3 is 9.84 Å². The molecule has 2 aromatic heterocycles. The fourth-order valence-electron chi connectivity index (χ4n) is 3.26. The Balaban J connectivity index is 0.00000225. The number of nitrogens with zero attached hydrogens (tertiary/aromatic N) is 7. The lowest BCUT2D eigenvalue weighted by Crippen LogP contribution is -2.44. The topological polar surface area (TPSA) is 97.8 Å². The van der Waals surface area contributed by atoms with Gasteiger partial charge in [-0.2, -0.15) is 4.98 Å². The number of tetrazole rings is 1. The number of aromatic nitrogens is 6. The Kier molecular flexibility index (Phi) is 6.32. The third kappa shape index (κ3) is 4.18. The van der Waals surface area contributed by atoms with E-state index in [0.29, 0.717) is 24.0 Å². The van der Waals surface area contributed by atoms with Crippen molar-refractivity contribution in [3.05, 3.63) is 53.2 Å². The molecule has 2 atom stereocenters. The Morgan fingerprint density at radius 1 is 1.32 bits per heavy atom. The van der Waals surface area contributed by atoms with E-state index in [1.165, 1.54) is 12.1 Å². The highest BCUT2D eigenvalue weighted by Gasteiger charge is 2.29. The maximum Gasteiger partial charge on any atom is 0.252 e. The van der Waals surface area contributed by atoms with Crippen LogP contribution in [0.2, 0.25) is 0 Å². The van der Waals surface area contributed by atoms with Gasteiger partial charge in [0.15, 0.2) is 5.82 Å². The van der Waals surface area contributed by atoms with Gasteiger partial charge in [-0.15, -0.1) is 17.5 Å². The maximum absolute atomic E-state index is 13.2. The van der Waals surface area contributed by atoms with Crippen LogP contribution in [0.15, 0.2) is 28.8 Å². The first-order valence-electron chi connectivity index (χ1n) is 8.85. The van der Waals surface area contributed by atoms with Gasteiger partial charge in [-0.1, -0.05) is 17.3 Å². The third-order valence-corrected chi connectivity index (χ3v) is 4.85. The quantitative estimate of drug-likeness (QED) is 0.675. The van der Waals surface area contributed by atoms with Crippen LogP contribution in [0, 0.1) is 12.7 Å². The van der Waals surface area contributed by atoms with Crippen molar-refractivity contribution in [2.75, 3.05) is 26.7 Å². The zero-order valence-corrected chi connectivity index (χ0v) is 16.4. The normalized spacial score (nSPS) is 18.6. The molecule has 28 heavy (non-hydrogen) atoms. The smallest absolute Gasteiger partial charge is 0.252 e. The molecule has 0 spiro atoms. The molecule has 150 valence electrons. The molecule has 1 N–H and O–H groups in total. The van der Waals surface area contributed by atoms with E-state index in [9.17, 15) is 4.39 Å². The van der Waals surface area contributed by atoms with E-state index < -0.39 is 0 Å². The lowest BCUT2D eigenvalue weighted by atomic mass is 10.1. The van der Waals surface area contributed by atoms with E-state index >= 15 is 0 Å². The molecule has 0 aliphatic carbocycles. The van der Waals surface area contributed by atoms with Crippen molar-refractivity contribution in [1.29, 1.82) is 0 Å². The van der Waals surface area contributed by atoms with Gasteiger partial charge in [0.25, 0.3) is 5.89 Å². The van der Waals surface area contributed by atoms with Crippen molar-refractivity contribution in [3.8, 4) is 0 Å². The van der Waals surface area contributed by atoms with Crippen LogP contribution >= 0.6 is 12.4 Å². The first-order valence-corrected chi connectivity index (χ1v) is 8.85. The third-order valence-electron chi connectivity index (χ3n) is 4.85. The molecule has 0 saturated carbocycles. The minimum atomic E-state index is -0.367. The standard InChI is InChI=1S/C17H21FN8O.ClH/c1-11-21-23-24-26(11)14(9-12-3-5-13(18)6-4-12)17-20-16(22-27-17)15-10-19-7-8-25(15)2;/h3-6,14-15,19H,7-10H2,1-2H3;1H. The Morgan fingerprint density at radius 2 is 2.11 bits per heavy atom. The van der Waals surface area contributed by atoms with E-state index in [4.69, 9.17) is 4.52 Å². The molecule has 1 fully saturated rings. The Bertz CT molecular complexity index is 899. The summed E-state index contributed by atoms with van der Waals surface area (Å²) in [4.78, 5) is 6.84. The summed E-state index contributed by atoms with van der Waals surface area (Å²) in [6, 6.07) is 6.02. The van der Waals surface area contributed by atoms with Crippen LogP contribution in [-0.4, -0.2) is 61.9 Å². The zero-order valence-electron chi connectivity index (χ0n) is 15.6. The van der Waals surface area contributed by atoms with Crippen LogP contribution in [0.1, 0.15) is 35.2 Å². The number of rotatable bonds is 5. The molecule has 1 aliphatic rings. The molecular formula is C17H22ClFN8O. The Labute approximate surface area is 167 Å². The summed E-state index contributed by atoms with van der Waals surface area (Å²) in [5.74, 6) is 1.43. The maximum atomic E-state index is 13.2. The minimum Gasteiger partial charge on any atom is -0.337 e. The van der Waals surface area contributed by atoms with E-state index in [2.05, 4.69) is 35.9 Å². The number of hydrogen-bond acceptors (Lipinski definition) is 8. The van der Waals surface area contributed by atoms with Crippen LogP contribution in [0.3, 0.4) is 0 Å². The van der Waals surface area contributed by atoms with Crippen molar-refractivity contribution in [2.24, 2.45) is 0 Å². The van der Waals surface area contributed by atoms with Crippen LogP contribution in [0.4, 0.5) is 4.39 Å². The summed E-state index contributed by atoms with van der Waals surface area (Å²) >= 11 is 0. The number of hydrogen-bond donors (Lipinski definition) is 1. The van der Waals surface area contributed by atoms with Gasteiger partial charge in [-0.3, -0.25) is 4.90 Å². The number of benzene rings is 1. The fourth-order valence-corrected chi connectivity index (χ4v) is 3.26. The van der Waals surface area contributed by atoms with Gasteiger partial charge in [-0.25, -0.2) is 9.07 Å². The number of piperazine rings is 1. The van der Waals surface area contributed by atoms with E-state index in [-0.39, 0.29) is 30.3 Å². The molecule has 1 aromatic carbocycles. The second-order valence-corrected chi connectivity index (χ2v) is 6.71. The summed E-state index contributed by atoms with van der Waals surface area (Å²) in [6.07, 6.45) is 0.506. The van der Waals surface area contributed by atoms with Crippen molar-refractivity contribution in [1.82, 2.24) is 40.6 Å². The molecule has 4 rings (SSSR count). The van der Waals surface area contributed by atoms with Crippen LogP contribution in [-0.2, 0) is 6.42 Å². The van der Waals surface area contributed by atoms with Crippen molar-refractivity contribution in [3.63, 3.8) is 0 Å². The molecule has 1 aliphatic heterocycles. The number of nitrogens with one attached hydrogen (secondary N) is 1. The molecular weight excluding hydrogens is 387 g/mol. The van der Waals surface area contributed by atoms with Crippen LogP contribution < -0.4 is 5.32 Å². The second-order valence-electron chi connectivity index (χ2n) is 6.71. The zero-order chi connectivity index (χ0) is 18.8. The predicted octanol–water partition coefficient (Wildman–Crippen LogP) is 1.33. The van der Waals surface area contributed by atoms with Gasteiger partial charge in [0.2, 0.25) is 0 Å². The summed E-state index contributed by atoms with van der Waals surface area (Å²) in [5.41, 5.74) is 0.924. The molecule has 11 heteroatoms. The summed E-state index contributed by atoms with van der Waals surface area (Å²) < 4.78 is 20.5. The minimum absolute atomic E-state index is 0. The molecule has 3 aromatic rings. The van der Waals surface area contributed by atoms with Gasteiger partial charge >= 0.3 is 0 Å². The average Bonchev–Trinajstić information content (AvgIpc) is 3.31. The fraction of sp³-hybridized carbons (Fsp3) is 0.471. The molecule has 2 unspecified atom stereocenters. The van der Waals surface area contributed by atoms with Crippen molar-refractivity contribution in [2.45, 2.75) is 25.4 Å². The second kappa shape index (κ2) is 8.72. The molecule has 0 bridgehead atoms. The summed E-state index contributed by atoms with van der Waals surface area (Å²) in [6.45, 7) is 4.43. The number of likely N-dealkylation sites (N-methyl/N-ethyl adjacent to an activating group) is 1. The SMILES string of the molecule is Cc1nnnn1C(Cc1ccc(F)cc1)c1nc(C2CNCCN2C)no1.Cl. The van der Waals surface area contributed by atoms with Crippen molar-refractivity contribution < 1.29 is 8.91 Å². The number of aryl methyl sites for hydroxylation is 1. The monoisotopic (exact) mass is 408 g/mol. The molecule has 9 nitrogen and oxygen atoms in total. The van der Waals surface area contributed by atoms with E-state index in [1.54, 1.807) is 16.8 Å². The summed E-state index contributed by atoms with van der Waals surface area (Å²) in [5, 5.41) is 19.3. The first-order chi connectivity index (χ1) is 13.1. The van der Waals surface area contributed by atoms with Crippen molar-refractivity contribution >= 4 is 12.4 Å². The molecule has 1 saturated heterocycles. The lowest BCUT2D eigenvalue weighted by molar-refractivity contribution is 0.190. The van der Waals surface area contributed by atoms with Gasteiger partial charge in [-0.05, 0) is 42.1 Å². The van der Waals surface area contributed by atoms with Crippen LogP contribution in [0.5, 0.6) is 0 Å². The Hall–Kier alpha value is -2.43. The Morgan fingerprint density at radius 3 is 2.79 bits per heavy atom. The predicted molar refractivity (Wildman–Crippen MR) is 101 cm³/mol. The molecule has 0 radical (unpaired) electrons. The highest BCUT2D eigenvalue weighted by Crippen LogP contribution is 2.25. The first kappa shape index (κ1) is 20.3. The molecule has 0 amide bonds. The number of halogens is 2. The van der Waals surface area contributed by atoms with Gasteiger partial charge in [0.05, 0.1) is 6.04 Å². The highest BCUT2D eigenvalue weighted by molar-refractivity contribution is 5.85. The van der Waals surface area contributed by atoms with Gasteiger partial charge in [0, 0.05) is 26.1 Å². The van der Waals surface area contributed by atoms with Gasteiger partial charge in [0.1, 0.15) is 17.7 Å². The van der Waals surface area contributed by atoms with E-state index in [0.717, 1.165) is 25.2 Å². The largest absolute Gasteiger partial charge is 0.337 e. The van der Waals surface area contributed by atoms with Crippen LogP contribution in [0.25, 0.3) is 0 Å². The summed E-state index contributed by atoms with van der Waals surface area (Å²) in [7, 11) is 2.04. The average molecular weight is 409 g/mol. The van der Waals surface area contributed by atoms with E-state index in [1.807, 2.05) is 14.0 Å². The highest BCUT2D eigenvalue weighted by atomic mass is 35.5. The lowest BCUT2D eigenvalue weighted by Gasteiger charge is -2.30. The molecule has 3 heterocycles.